The Morgan fingerprint density at radius 1 is 0.302 bits per heavy atom. The molecule has 0 saturated heterocycles. The number of allylic oxidation sites excluding steroid dienone is 2. The van der Waals surface area contributed by atoms with E-state index in [2.05, 4.69) is 32.9 Å². The molecule has 0 aliphatic rings. The van der Waals surface area contributed by atoms with Gasteiger partial charge >= 0.3 is 17.9 Å². The summed E-state index contributed by atoms with van der Waals surface area (Å²) >= 11 is 0. The standard InChI is InChI=1S/C57H108O6/c1-4-7-10-13-16-19-22-25-26-27-28-29-30-33-35-38-41-44-47-50-56(59)62-53-54(63-57(60)51-48-45-42-39-36-32-24-21-18-15-12-9-6-3)52-61-55(58)49-46-43-40-37-34-31-23-20-17-14-11-8-5-2/h32,36,54H,4-31,33-35,37-53H2,1-3H3/b36-32-. The second-order valence-corrected chi connectivity index (χ2v) is 19.2. The van der Waals surface area contributed by atoms with Gasteiger partial charge in [-0.25, -0.2) is 0 Å². The van der Waals surface area contributed by atoms with Crippen molar-refractivity contribution in [1.82, 2.24) is 0 Å². The van der Waals surface area contributed by atoms with Crippen molar-refractivity contribution in [3.05, 3.63) is 12.2 Å². The predicted molar refractivity (Wildman–Crippen MR) is 270 cm³/mol. The molecule has 63 heavy (non-hydrogen) atoms. The highest BCUT2D eigenvalue weighted by atomic mass is 16.6. The fourth-order valence-corrected chi connectivity index (χ4v) is 8.50. The van der Waals surface area contributed by atoms with Gasteiger partial charge in [-0.3, -0.25) is 14.4 Å². The first-order valence-electron chi connectivity index (χ1n) is 28.2. The van der Waals surface area contributed by atoms with E-state index in [0.29, 0.717) is 19.3 Å². The van der Waals surface area contributed by atoms with E-state index in [0.717, 1.165) is 70.6 Å². The summed E-state index contributed by atoms with van der Waals surface area (Å²) in [6, 6.07) is 0. The maximum atomic E-state index is 12.8. The Bertz CT molecular complexity index is 978. The Morgan fingerprint density at radius 2 is 0.524 bits per heavy atom. The van der Waals surface area contributed by atoms with E-state index in [9.17, 15) is 14.4 Å². The monoisotopic (exact) mass is 889 g/mol. The lowest BCUT2D eigenvalue weighted by atomic mass is 10.0. The third-order valence-electron chi connectivity index (χ3n) is 12.8. The lowest BCUT2D eigenvalue weighted by Crippen LogP contribution is -2.30. The van der Waals surface area contributed by atoms with E-state index in [1.807, 2.05) is 0 Å². The van der Waals surface area contributed by atoms with Crippen LogP contribution >= 0.6 is 0 Å². The Morgan fingerprint density at radius 3 is 0.810 bits per heavy atom. The number of unbranched alkanes of at least 4 members (excludes halogenated alkanes) is 39. The maximum Gasteiger partial charge on any atom is 0.306 e. The van der Waals surface area contributed by atoms with Crippen LogP contribution in [-0.4, -0.2) is 37.2 Å². The lowest BCUT2D eigenvalue weighted by molar-refractivity contribution is -0.167. The summed E-state index contributed by atoms with van der Waals surface area (Å²) in [5.41, 5.74) is 0. The molecule has 0 saturated carbocycles. The minimum Gasteiger partial charge on any atom is -0.462 e. The van der Waals surface area contributed by atoms with Crippen LogP contribution in [0, 0.1) is 0 Å². The van der Waals surface area contributed by atoms with Crippen LogP contribution in [-0.2, 0) is 28.6 Å². The third-order valence-corrected chi connectivity index (χ3v) is 12.8. The SMILES string of the molecule is CCCCCCCC/C=C\CCCCCC(=O)OC(COC(=O)CCCCCCCCCCCCCCC)COC(=O)CCCCCCCCCCCCCCCCCCCCC. The fraction of sp³-hybridized carbons (Fsp3) is 0.912. The van der Waals surface area contributed by atoms with E-state index < -0.39 is 6.10 Å². The summed E-state index contributed by atoms with van der Waals surface area (Å²) in [5, 5.41) is 0. The predicted octanol–water partition coefficient (Wildman–Crippen LogP) is 18.5. The molecule has 0 rings (SSSR count). The molecule has 372 valence electrons. The molecule has 0 N–H and O–H groups in total. The van der Waals surface area contributed by atoms with E-state index in [1.54, 1.807) is 0 Å². The summed E-state index contributed by atoms with van der Waals surface area (Å²) in [7, 11) is 0. The number of hydrogen-bond donors (Lipinski definition) is 0. The van der Waals surface area contributed by atoms with Gasteiger partial charge in [0.05, 0.1) is 0 Å². The molecule has 0 spiro atoms. The highest BCUT2D eigenvalue weighted by Crippen LogP contribution is 2.17. The van der Waals surface area contributed by atoms with Crippen molar-refractivity contribution >= 4 is 17.9 Å². The van der Waals surface area contributed by atoms with Crippen LogP contribution in [0.2, 0.25) is 0 Å². The van der Waals surface area contributed by atoms with Crippen molar-refractivity contribution in [1.29, 1.82) is 0 Å². The van der Waals surface area contributed by atoms with Gasteiger partial charge in [-0.2, -0.15) is 0 Å². The molecule has 6 heteroatoms. The third kappa shape index (κ3) is 51.0. The van der Waals surface area contributed by atoms with Gasteiger partial charge in [0.1, 0.15) is 13.2 Å². The summed E-state index contributed by atoms with van der Waals surface area (Å²) in [6.45, 7) is 6.67. The quantitative estimate of drug-likeness (QED) is 0.0262. The van der Waals surface area contributed by atoms with Gasteiger partial charge < -0.3 is 14.2 Å². The Kier molecular flexibility index (Phi) is 51.2. The minimum absolute atomic E-state index is 0.0703. The first-order chi connectivity index (χ1) is 31.0. The second kappa shape index (κ2) is 52.8. The first-order valence-corrected chi connectivity index (χ1v) is 28.2. The van der Waals surface area contributed by atoms with Gasteiger partial charge in [-0.1, -0.05) is 264 Å². The fourth-order valence-electron chi connectivity index (χ4n) is 8.50. The zero-order valence-electron chi connectivity index (χ0n) is 42.6. The molecule has 0 amide bonds. The summed E-state index contributed by atoms with van der Waals surface area (Å²) in [4.78, 5) is 38.0. The molecule has 0 bridgehead atoms. The van der Waals surface area contributed by atoms with E-state index >= 15 is 0 Å². The van der Waals surface area contributed by atoms with Crippen LogP contribution in [0.4, 0.5) is 0 Å². The largest absolute Gasteiger partial charge is 0.462 e. The van der Waals surface area contributed by atoms with Crippen molar-refractivity contribution in [3.63, 3.8) is 0 Å². The molecular weight excluding hydrogens is 781 g/mol. The number of ether oxygens (including phenoxy) is 3. The second-order valence-electron chi connectivity index (χ2n) is 19.2. The molecule has 0 fully saturated rings. The van der Waals surface area contributed by atoms with Crippen LogP contribution in [0.5, 0.6) is 0 Å². The topological polar surface area (TPSA) is 78.9 Å². The number of rotatable bonds is 52. The molecule has 1 atom stereocenters. The number of carbonyl (C=O) groups is 3. The van der Waals surface area contributed by atoms with Gasteiger partial charge in [-0.05, 0) is 44.9 Å². The normalized spacial score (nSPS) is 12.0. The minimum atomic E-state index is -0.771. The van der Waals surface area contributed by atoms with Crippen LogP contribution < -0.4 is 0 Å². The Hall–Kier alpha value is -1.85. The molecule has 0 aliphatic heterocycles. The van der Waals surface area contributed by atoms with Gasteiger partial charge in [0.15, 0.2) is 6.10 Å². The molecule has 0 aromatic rings. The zero-order valence-corrected chi connectivity index (χ0v) is 42.6. The van der Waals surface area contributed by atoms with Crippen molar-refractivity contribution in [2.75, 3.05) is 13.2 Å². The van der Waals surface area contributed by atoms with Crippen LogP contribution in [0.1, 0.15) is 316 Å². The van der Waals surface area contributed by atoms with E-state index in [1.165, 1.54) is 205 Å². The number of hydrogen-bond acceptors (Lipinski definition) is 6. The zero-order chi connectivity index (χ0) is 45.8. The van der Waals surface area contributed by atoms with Crippen LogP contribution in [0.25, 0.3) is 0 Å². The van der Waals surface area contributed by atoms with Gasteiger partial charge in [-0.15, -0.1) is 0 Å². The molecule has 0 aromatic carbocycles. The van der Waals surface area contributed by atoms with Crippen molar-refractivity contribution < 1.29 is 28.6 Å². The number of esters is 3. The lowest BCUT2D eigenvalue weighted by Gasteiger charge is -2.18. The van der Waals surface area contributed by atoms with Gasteiger partial charge in [0, 0.05) is 19.3 Å². The summed E-state index contributed by atoms with van der Waals surface area (Å²) in [6.07, 6.45) is 59.2. The van der Waals surface area contributed by atoms with Crippen molar-refractivity contribution in [2.45, 2.75) is 322 Å². The highest BCUT2D eigenvalue weighted by Gasteiger charge is 2.19. The Labute approximate surface area is 392 Å². The molecule has 0 heterocycles. The smallest absolute Gasteiger partial charge is 0.306 e. The molecule has 0 aromatic heterocycles. The van der Waals surface area contributed by atoms with Crippen LogP contribution in [0.15, 0.2) is 12.2 Å². The maximum absolute atomic E-state index is 12.8. The van der Waals surface area contributed by atoms with Gasteiger partial charge in [0.2, 0.25) is 0 Å². The Balaban J connectivity index is 4.28. The number of carbonyl (C=O) groups excluding carboxylic acids is 3. The van der Waals surface area contributed by atoms with Crippen molar-refractivity contribution in [2.24, 2.45) is 0 Å². The summed E-state index contributed by atoms with van der Waals surface area (Å²) < 4.78 is 16.8. The van der Waals surface area contributed by atoms with E-state index in [4.69, 9.17) is 14.2 Å². The van der Waals surface area contributed by atoms with Gasteiger partial charge in [0.25, 0.3) is 0 Å². The molecular formula is C57H108O6. The molecule has 0 radical (unpaired) electrons. The highest BCUT2D eigenvalue weighted by molar-refractivity contribution is 5.71. The molecule has 1 unspecified atom stereocenters. The molecule has 6 nitrogen and oxygen atoms in total. The first kappa shape index (κ1) is 61.1. The average Bonchev–Trinajstić information content (AvgIpc) is 3.28. The summed E-state index contributed by atoms with van der Waals surface area (Å²) in [5.74, 6) is -0.865. The average molecular weight is 889 g/mol. The van der Waals surface area contributed by atoms with Crippen molar-refractivity contribution in [3.8, 4) is 0 Å². The molecule has 0 aliphatic carbocycles. The van der Waals surface area contributed by atoms with Crippen LogP contribution in [0.3, 0.4) is 0 Å². The van der Waals surface area contributed by atoms with E-state index in [-0.39, 0.29) is 31.1 Å².